The van der Waals surface area contributed by atoms with E-state index in [1.807, 2.05) is 52.0 Å². The number of carbonyl (C=O) groups excluding carboxylic acids is 4. The lowest BCUT2D eigenvalue weighted by Crippen LogP contribution is -2.55. The minimum atomic E-state index is -1.02. The Bertz CT molecular complexity index is 1630. The second-order valence-electron chi connectivity index (χ2n) is 12.9. The predicted octanol–water partition coefficient (Wildman–Crippen LogP) is 5.70. The van der Waals surface area contributed by atoms with Crippen LogP contribution in [0.2, 0.25) is 0 Å². The molecule has 0 saturated heterocycles. The summed E-state index contributed by atoms with van der Waals surface area (Å²) in [4.78, 5) is 59.2. The lowest BCUT2D eigenvalue weighted by Gasteiger charge is -2.31. The molecule has 0 aliphatic carbocycles. The van der Waals surface area contributed by atoms with Crippen molar-refractivity contribution in [3.63, 3.8) is 0 Å². The van der Waals surface area contributed by atoms with Crippen molar-refractivity contribution in [1.29, 1.82) is 0 Å². The Morgan fingerprint density at radius 3 is 2.32 bits per heavy atom. The molecule has 11 heteroatoms. The summed E-state index contributed by atoms with van der Waals surface area (Å²) in [7, 11) is 1.55. The second kappa shape index (κ2) is 15.6. The number of aromatic hydroxyl groups is 1. The maximum absolute atomic E-state index is 14.3. The molecule has 2 aromatic carbocycles. The van der Waals surface area contributed by atoms with Crippen LogP contribution >= 0.6 is 15.9 Å². The highest BCUT2D eigenvalue weighted by molar-refractivity contribution is 9.10. The van der Waals surface area contributed by atoms with Gasteiger partial charge in [0.25, 0.3) is 0 Å². The highest BCUT2D eigenvalue weighted by Gasteiger charge is 2.34. The molecular formula is C36H45BrN4O6. The number of benzene rings is 2. The van der Waals surface area contributed by atoms with E-state index in [0.717, 1.165) is 22.0 Å². The number of para-hydroxylation sites is 1. The topological polar surface area (TPSA) is 141 Å². The number of hydrogen-bond acceptors (Lipinski definition) is 6. The third kappa shape index (κ3) is 9.24. The van der Waals surface area contributed by atoms with Gasteiger partial charge in [-0.15, -0.1) is 0 Å². The van der Waals surface area contributed by atoms with Gasteiger partial charge in [-0.25, -0.2) is 0 Å². The molecule has 0 unspecified atom stereocenters. The number of ether oxygens (including phenoxy) is 1. The summed E-state index contributed by atoms with van der Waals surface area (Å²) in [6.07, 6.45) is 2.76. The average molecular weight is 710 g/mol. The van der Waals surface area contributed by atoms with Crippen LogP contribution in [0.25, 0.3) is 10.9 Å². The molecule has 4 rings (SSSR count). The maximum atomic E-state index is 14.3. The van der Waals surface area contributed by atoms with Crippen molar-refractivity contribution in [1.82, 2.24) is 20.5 Å². The summed E-state index contributed by atoms with van der Waals surface area (Å²) in [5, 5.41) is 16.7. The number of hydrogen-bond donors (Lipinski definition) is 4. The van der Waals surface area contributed by atoms with Crippen LogP contribution in [0.3, 0.4) is 0 Å². The number of H-pyrrole nitrogens is 1. The Labute approximate surface area is 284 Å². The molecule has 47 heavy (non-hydrogen) atoms. The van der Waals surface area contributed by atoms with Gasteiger partial charge < -0.3 is 30.4 Å². The van der Waals surface area contributed by atoms with Crippen LogP contribution in [0.4, 0.5) is 0 Å². The number of phenols is 1. The van der Waals surface area contributed by atoms with Crippen molar-refractivity contribution in [2.24, 2.45) is 11.8 Å². The summed E-state index contributed by atoms with van der Waals surface area (Å²) in [6.45, 7) is 9.27. The number of amides is 3. The molecule has 3 aromatic rings. The number of carbonyl (C=O) groups is 4. The molecule has 4 N–H and O–H groups in total. The van der Waals surface area contributed by atoms with E-state index in [4.69, 9.17) is 4.74 Å². The van der Waals surface area contributed by atoms with Crippen molar-refractivity contribution >= 4 is 50.5 Å². The molecule has 1 aliphatic rings. The monoisotopic (exact) mass is 708 g/mol. The van der Waals surface area contributed by atoms with Gasteiger partial charge in [0.2, 0.25) is 17.7 Å². The molecule has 10 nitrogen and oxygen atoms in total. The first-order chi connectivity index (χ1) is 22.2. The quantitative estimate of drug-likeness (QED) is 0.203. The first-order valence-electron chi connectivity index (χ1n) is 16.0. The fraction of sp³-hybridized carbons (Fsp3) is 0.444. The van der Waals surface area contributed by atoms with E-state index in [9.17, 15) is 24.3 Å². The lowest BCUT2D eigenvalue weighted by atomic mass is 9.95. The molecular weight excluding hydrogens is 664 g/mol. The zero-order valence-corrected chi connectivity index (χ0v) is 29.4. The van der Waals surface area contributed by atoms with Crippen LogP contribution in [0.5, 0.6) is 5.75 Å². The summed E-state index contributed by atoms with van der Waals surface area (Å²) in [5.41, 5.74) is 3.29. The zero-order valence-electron chi connectivity index (χ0n) is 27.8. The fourth-order valence-electron chi connectivity index (χ4n) is 6.28. The molecule has 0 spiro atoms. The normalized spacial score (nSPS) is 26.0. The fourth-order valence-corrected chi connectivity index (χ4v) is 6.87. The predicted molar refractivity (Wildman–Crippen MR) is 184 cm³/mol. The number of rotatable bonds is 3. The molecule has 1 aromatic heterocycles. The van der Waals surface area contributed by atoms with E-state index >= 15 is 0 Å². The number of likely N-dealkylation sites (N-methyl/N-ethyl adjacent to an activating group) is 1. The van der Waals surface area contributed by atoms with Gasteiger partial charge in [0.1, 0.15) is 17.8 Å². The van der Waals surface area contributed by atoms with Crippen molar-refractivity contribution in [3.8, 4) is 5.75 Å². The SMILES string of the molecule is CC1=C[C@H](C)C[C@H](C)OC(=O)C[C@H](c2ccc(O)cc2)NC(=O)[C@@H](Cc2c(Br)[nH]c3ccccc23)N(C)C(=O)[C@H](C)NC(=O)[C@@H](C)C1. The first-order valence-corrected chi connectivity index (χ1v) is 16.8. The molecule has 2 heterocycles. The molecule has 252 valence electrons. The smallest absolute Gasteiger partial charge is 0.308 e. The Morgan fingerprint density at radius 1 is 0.936 bits per heavy atom. The van der Waals surface area contributed by atoms with E-state index in [1.165, 1.54) is 17.0 Å². The van der Waals surface area contributed by atoms with E-state index in [-0.39, 0.29) is 36.3 Å². The van der Waals surface area contributed by atoms with Crippen molar-refractivity contribution in [2.75, 3.05) is 7.05 Å². The molecule has 1 aliphatic heterocycles. The van der Waals surface area contributed by atoms with Crippen LogP contribution < -0.4 is 10.6 Å². The van der Waals surface area contributed by atoms with Crippen molar-refractivity contribution in [3.05, 3.63) is 75.9 Å². The summed E-state index contributed by atoms with van der Waals surface area (Å²) < 4.78 is 6.47. The second-order valence-corrected chi connectivity index (χ2v) is 13.6. The van der Waals surface area contributed by atoms with Gasteiger partial charge in [0, 0.05) is 30.3 Å². The number of nitrogens with zero attached hydrogens (tertiary/aromatic N) is 1. The lowest BCUT2D eigenvalue weighted by molar-refractivity contribution is -0.149. The van der Waals surface area contributed by atoms with E-state index in [2.05, 4.69) is 37.6 Å². The molecule has 0 fully saturated rings. The van der Waals surface area contributed by atoms with E-state index in [0.29, 0.717) is 23.0 Å². The number of allylic oxidation sites excluding steroid dienone is 2. The minimum Gasteiger partial charge on any atom is -0.508 e. The van der Waals surface area contributed by atoms with Gasteiger partial charge in [-0.1, -0.05) is 55.8 Å². The number of fused-ring (bicyclic) bond motifs is 1. The number of aromatic nitrogens is 1. The number of aromatic amines is 1. The summed E-state index contributed by atoms with van der Waals surface area (Å²) >= 11 is 3.60. The van der Waals surface area contributed by atoms with E-state index in [1.54, 1.807) is 26.1 Å². The summed E-state index contributed by atoms with van der Waals surface area (Å²) in [5.74, 6) is -1.93. The number of phenolic OH excluding ortho intramolecular Hbond substituents is 1. The van der Waals surface area contributed by atoms with E-state index < -0.39 is 42.0 Å². The first kappa shape index (κ1) is 35.7. The Kier molecular flexibility index (Phi) is 11.9. The van der Waals surface area contributed by atoms with Crippen LogP contribution in [-0.2, 0) is 30.3 Å². The largest absolute Gasteiger partial charge is 0.508 e. The minimum absolute atomic E-state index is 0.0439. The maximum Gasteiger partial charge on any atom is 0.308 e. The van der Waals surface area contributed by atoms with Gasteiger partial charge in [-0.3, -0.25) is 19.2 Å². The number of nitrogens with one attached hydrogen (secondary N) is 3. The highest BCUT2D eigenvalue weighted by Crippen LogP contribution is 2.29. The zero-order chi connectivity index (χ0) is 34.4. The standard InChI is InChI=1S/C36H45BrN4O6/c1-20-15-21(2)17-23(4)47-32(43)19-30(25-11-13-26(42)14-12-25)40-35(45)31(18-28-27-9-7-8-10-29(27)39-33(28)37)41(6)36(46)24(5)38-34(44)22(3)16-20/h7-15,21-24,30-31,39,42H,16-19H2,1-6H3,(H,38,44)(H,40,45)/t21-,22-,23-,24-,30+,31+/m0/s1. The molecule has 0 radical (unpaired) electrons. The third-order valence-corrected chi connectivity index (χ3v) is 9.35. The molecule has 3 amide bonds. The third-order valence-electron chi connectivity index (χ3n) is 8.67. The van der Waals surface area contributed by atoms with Gasteiger partial charge in [-0.05, 0) is 84.8 Å². The van der Waals surface area contributed by atoms with Gasteiger partial charge in [0.05, 0.1) is 23.2 Å². The molecule has 0 saturated carbocycles. The van der Waals surface area contributed by atoms with Crippen LogP contribution in [0, 0.1) is 11.8 Å². The Hall–Kier alpha value is -4.12. The number of halogens is 1. The van der Waals surface area contributed by atoms with Crippen LogP contribution in [0.1, 0.15) is 71.0 Å². The number of esters is 1. The number of cyclic esters (lactones) is 1. The Morgan fingerprint density at radius 2 is 1.62 bits per heavy atom. The van der Waals surface area contributed by atoms with Crippen LogP contribution in [0.15, 0.2) is 64.8 Å². The van der Waals surface area contributed by atoms with Gasteiger partial charge in [-0.2, -0.15) is 0 Å². The molecule has 6 atom stereocenters. The highest BCUT2D eigenvalue weighted by atomic mass is 79.9. The van der Waals surface area contributed by atoms with Crippen molar-refractivity contribution in [2.45, 2.75) is 84.5 Å². The average Bonchev–Trinajstić information content (AvgIpc) is 3.32. The summed E-state index contributed by atoms with van der Waals surface area (Å²) in [6, 6.07) is 11.2. The van der Waals surface area contributed by atoms with Crippen LogP contribution in [-0.4, -0.2) is 63.9 Å². The van der Waals surface area contributed by atoms with Crippen molar-refractivity contribution < 1.29 is 29.0 Å². The molecule has 0 bridgehead atoms. The van der Waals surface area contributed by atoms with Gasteiger partial charge >= 0.3 is 5.97 Å². The Balaban J connectivity index is 1.74. The van der Waals surface area contributed by atoms with Gasteiger partial charge in [0.15, 0.2) is 0 Å².